The molecule has 4 aliphatic rings. The molecule has 2 saturated heterocycles. The molecule has 8 nitrogen and oxygen atoms in total. The third-order valence-corrected chi connectivity index (χ3v) is 9.01. The van der Waals surface area contributed by atoms with Gasteiger partial charge in [-0.3, -0.25) is 19.4 Å². The SMILES string of the molecule is O=C1N[C@]2(CCCc3ccccc32)C(=O)N1Cc1ccc(CN2C(=O)N[C@]3(CCCc4ccccc43)C2=O)cc1. The molecule has 2 heterocycles. The Balaban J connectivity index is 1.07. The molecule has 202 valence electrons. The summed E-state index contributed by atoms with van der Waals surface area (Å²) in [6, 6.07) is 22.3. The summed E-state index contributed by atoms with van der Waals surface area (Å²) in [5.74, 6) is -0.433. The lowest BCUT2D eigenvalue weighted by molar-refractivity contribution is -0.133. The lowest BCUT2D eigenvalue weighted by atomic mass is 9.76. The van der Waals surface area contributed by atoms with Crippen molar-refractivity contribution in [3.8, 4) is 0 Å². The number of fused-ring (bicyclic) bond motifs is 4. The molecular weight excluding hydrogens is 504 g/mol. The number of rotatable bonds is 4. The predicted octanol–water partition coefficient (Wildman–Crippen LogP) is 4.25. The molecule has 2 aliphatic carbocycles. The van der Waals surface area contributed by atoms with Crippen molar-refractivity contribution in [3.63, 3.8) is 0 Å². The predicted molar refractivity (Wildman–Crippen MR) is 147 cm³/mol. The van der Waals surface area contributed by atoms with Gasteiger partial charge in [-0.2, -0.15) is 0 Å². The summed E-state index contributed by atoms with van der Waals surface area (Å²) in [6.45, 7) is 0.301. The van der Waals surface area contributed by atoms with Crippen molar-refractivity contribution in [1.29, 1.82) is 0 Å². The van der Waals surface area contributed by atoms with Crippen LogP contribution in [0.4, 0.5) is 9.59 Å². The Morgan fingerprint density at radius 1 is 0.575 bits per heavy atom. The van der Waals surface area contributed by atoms with Gasteiger partial charge in [-0.05, 0) is 71.9 Å². The first-order valence-corrected chi connectivity index (χ1v) is 13.9. The van der Waals surface area contributed by atoms with E-state index in [9.17, 15) is 19.2 Å². The van der Waals surface area contributed by atoms with Gasteiger partial charge in [0.25, 0.3) is 11.8 Å². The molecule has 2 spiro atoms. The fourth-order valence-electron chi connectivity index (χ4n) is 7.03. The number of urea groups is 2. The number of aryl methyl sites for hydroxylation is 2. The second kappa shape index (κ2) is 9.05. The number of imide groups is 2. The molecule has 0 saturated carbocycles. The van der Waals surface area contributed by atoms with Crippen LogP contribution in [0, 0.1) is 0 Å². The molecule has 8 heteroatoms. The summed E-state index contributed by atoms with van der Waals surface area (Å²) in [4.78, 5) is 55.8. The van der Waals surface area contributed by atoms with Crippen LogP contribution in [0.5, 0.6) is 0 Å². The highest BCUT2D eigenvalue weighted by Gasteiger charge is 2.55. The van der Waals surface area contributed by atoms with Gasteiger partial charge in [-0.15, -0.1) is 0 Å². The van der Waals surface area contributed by atoms with Crippen LogP contribution in [0.1, 0.15) is 59.1 Å². The topological polar surface area (TPSA) is 98.8 Å². The molecule has 0 bridgehead atoms. The minimum absolute atomic E-state index is 0.151. The Labute approximate surface area is 232 Å². The summed E-state index contributed by atoms with van der Waals surface area (Å²) in [5.41, 5.74) is 3.59. The lowest BCUT2D eigenvalue weighted by Gasteiger charge is -2.33. The van der Waals surface area contributed by atoms with Crippen LogP contribution in [0.3, 0.4) is 0 Å². The zero-order chi connectivity index (χ0) is 27.5. The standard InChI is InChI=1S/C32H30N4O4/c37-27-31(17-5-9-23-7-1-3-11-25(23)31)33-29(39)35(27)19-21-13-15-22(16-14-21)20-36-28(38)32(34-30(36)40)18-6-10-24-8-2-4-12-26(24)32/h1-4,7-8,11-16H,5-6,9-10,17-20H2,(H,33,39)(H,34,40)/t31-,32-/m0/s1. The third-order valence-electron chi connectivity index (χ3n) is 9.01. The molecule has 40 heavy (non-hydrogen) atoms. The highest BCUT2D eigenvalue weighted by Crippen LogP contribution is 2.41. The first-order chi connectivity index (χ1) is 19.4. The van der Waals surface area contributed by atoms with Gasteiger partial charge >= 0.3 is 12.1 Å². The van der Waals surface area contributed by atoms with Crippen LogP contribution < -0.4 is 10.6 Å². The van der Waals surface area contributed by atoms with Crippen molar-refractivity contribution in [3.05, 3.63) is 106 Å². The number of benzene rings is 3. The fraction of sp³-hybridized carbons (Fsp3) is 0.312. The zero-order valence-corrected chi connectivity index (χ0v) is 22.1. The van der Waals surface area contributed by atoms with Crippen molar-refractivity contribution in [2.24, 2.45) is 0 Å². The number of amides is 6. The van der Waals surface area contributed by atoms with E-state index in [0.29, 0.717) is 12.8 Å². The van der Waals surface area contributed by atoms with Gasteiger partial charge in [0.15, 0.2) is 0 Å². The number of carbonyl (C=O) groups is 4. The van der Waals surface area contributed by atoms with E-state index in [1.807, 2.05) is 72.8 Å². The molecule has 0 aromatic heterocycles. The third kappa shape index (κ3) is 3.58. The summed E-state index contributed by atoms with van der Waals surface area (Å²) < 4.78 is 0. The second-order valence-corrected chi connectivity index (χ2v) is 11.3. The van der Waals surface area contributed by atoms with Gasteiger partial charge in [0, 0.05) is 0 Å². The molecule has 0 unspecified atom stereocenters. The minimum Gasteiger partial charge on any atom is -0.319 e. The molecule has 3 aromatic carbocycles. The van der Waals surface area contributed by atoms with E-state index < -0.39 is 11.1 Å². The van der Waals surface area contributed by atoms with E-state index in [4.69, 9.17) is 0 Å². The zero-order valence-electron chi connectivity index (χ0n) is 22.1. The minimum atomic E-state index is -0.997. The normalized spacial score (nSPS) is 25.3. The quantitative estimate of drug-likeness (QED) is 0.489. The van der Waals surface area contributed by atoms with Crippen molar-refractivity contribution < 1.29 is 19.2 Å². The van der Waals surface area contributed by atoms with Gasteiger partial charge in [0.1, 0.15) is 11.1 Å². The van der Waals surface area contributed by atoms with Gasteiger partial charge < -0.3 is 10.6 Å². The van der Waals surface area contributed by atoms with Crippen LogP contribution in [0.15, 0.2) is 72.8 Å². The average Bonchev–Trinajstić information content (AvgIpc) is 3.34. The van der Waals surface area contributed by atoms with Crippen molar-refractivity contribution >= 4 is 23.9 Å². The second-order valence-electron chi connectivity index (χ2n) is 11.3. The van der Waals surface area contributed by atoms with Crippen LogP contribution in [0.2, 0.25) is 0 Å². The van der Waals surface area contributed by atoms with Crippen molar-refractivity contribution in [2.75, 3.05) is 0 Å². The number of nitrogens with one attached hydrogen (secondary N) is 2. The Morgan fingerprint density at radius 3 is 1.40 bits per heavy atom. The number of nitrogens with zero attached hydrogens (tertiary/aromatic N) is 2. The maximum Gasteiger partial charge on any atom is 0.325 e. The van der Waals surface area contributed by atoms with Gasteiger partial charge in [0.05, 0.1) is 13.1 Å². The first kappa shape index (κ1) is 24.6. The lowest BCUT2D eigenvalue weighted by Crippen LogP contribution is -2.46. The molecular formula is C32H30N4O4. The summed E-state index contributed by atoms with van der Waals surface area (Å²) in [6.07, 6.45) is 4.63. The monoisotopic (exact) mass is 534 g/mol. The Kier molecular flexibility index (Phi) is 5.56. The molecule has 6 amide bonds. The maximum absolute atomic E-state index is 13.6. The molecule has 2 N–H and O–H groups in total. The van der Waals surface area contributed by atoms with Crippen LogP contribution in [-0.2, 0) is 46.6 Å². The fourth-order valence-corrected chi connectivity index (χ4v) is 7.03. The number of hydrogen-bond donors (Lipinski definition) is 2. The van der Waals surface area contributed by atoms with Crippen molar-refractivity contribution in [1.82, 2.24) is 20.4 Å². The van der Waals surface area contributed by atoms with Crippen LogP contribution in [-0.4, -0.2) is 33.7 Å². The Hall–Kier alpha value is -4.46. The molecule has 2 atom stereocenters. The summed E-state index contributed by atoms with van der Waals surface area (Å²) >= 11 is 0. The summed E-state index contributed by atoms with van der Waals surface area (Å²) in [5, 5.41) is 6.00. The summed E-state index contributed by atoms with van der Waals surface area (Å²) in [7, 11) is 0. The van der Waals surface area contributed by atoms with Gasteiger partial charge in [-0.25, -0.2) is 9.59 Å². The van der Waals surface area contributed by atoms with Gasteiger partial charge in [0.2, 0.25) is 0 Å². The first-order valence-electron chi connectivity index (χ1n) is 13.9. The highest BCUT2D eigenvalue weighted by molar-refractivity contribution is 6.08. The molecule has 0 radical (unpaired) electrons. The van der Waals surface area contributed by atoms with Crippen molar-refractivity contribution in [2.45, 2.75) is 62.7 Å². The van der Waals surface area contributed by atoms with Crippen LogP contribution >= 0.6 is 0 Å². The number of carbonyl (C=O) groups excluding carboxylic acids is 4. The highest BCUT2D eigenvalue weighted by atomic mass is 16.2. The van der Waals surface area contributed by atoms with E-state index in [2.05, 4.69) is 10.6 Å². The van der Waals surface area contributed by atoms with Gasteiger partial charge in [-0.1, -0.05) is 72.8 Å². The molecule has 2 fully saturated rings. The average molecular weight is 535 g/mol. The smallest absolute Gasteiger partial charge is 0.319 e. The molecule has 2 aliphatic heterocycles. The number of hydrogen-bond acceptors (Lipinski definition) is 4. The van der Waals surface area contributed by atoms with E-state index in [1.54, 1.807) is 0 Å². The Bertz CT molecular complexity index is 1450. The maximum atomic E-state index is 13.6. The van der Waals surface area contributed by atoms with E-state index in [-0.39, 0.29) is 37.0 Å². The Morgan fingerprint density at radius 2 is 0.975 bits per heavy atom. The molecule has 3 aromatic rings. The molecule has 7 rings (SSSR count). The van der Waals surface area contributed by atoms with E-state index in [0.717, 1.165) is 59.1 Å². The van der Waals surface area contributed by atoms with Crippen LogP contribution in [0.25, 0.3) is 0 Å². The largest absolute Gasteiger partial charge is 0.325 e. The van der Waals surface area contributed by atoms with E-state index >= 15 is 0 Å². The van der Waals surface area contributed by atoms with E-state index in [1.165, 1.54) is 9.80 Å².